The number of likely N-dealkylation sites (N-methyl/N-ethyl adjacent to an activating group) is 1. The lowest BCUT2D eigenvalue weighted by atomic mass is 10.1. The number of aromatic nitrogens is 1. The first-order chi connectivity index (χ1) is 10.1. The van der Waals surface area contributed by atoms with E-state index >= 15 is 0 Å². The monoisotopic (exact) mass is 287 g/mol. The van der Waals surface area contributed by atoms with E-state index < -0.39 is 0 Å². The standard InChI is InChI=1S/C17H25N3O/c1-13(2)11-18-8-9-20(3)12-14-10-17(21)19-16-7-5-4-6-15(14)16/h4-7,10,13,18H,8-9,11-12H2,1-3H3,(H,19,21). The van der Waals surface area contributed by atoms with E-state index in [9.17, 15) is 4.79 Å². The van der Waals surface area contributed by atoms with Crippen molar-refractivity contribution in [3.63, 3.8) is 0 Å². The second-order valence-electron chi connectivity index (χ2n) is 6.04. The molecular formula is C17H25N3O. The minimum absolute atomic E-state index is 0.0324. The summed E-state index contributed by atoms with van der Waals surface area (Å²) >= 11 is 0. The second kappa shape index (κ2) is 7.38. The average Bonchev–Trinajstić information content (AvgIpc) is 2.43. The molecule has 0 aliphatic carbocycles. The highest BCUT2D eigenvalue weighted by Gasteiger charge is 2.06. The number of rotatable bonds is 7. The fourth-order valence-electron chi connectivity index (χ4n) is 2.44. The van der Waals surface area contributed by atoms with Gasteiger partial charge >= 0.3 is 0 Å². The third-order valence-corrected chi connectivity index (χ3v) is 3.50. The molecule has 0 spiro atoms. The molecule has 1 heterocycles. The summed E-state index contributed by atoms with van der Waals surface area (Å²) in [6.07, 6.45) is 0. The largest absolute Gasteiger partial charge is 0.322 e. The van der Waals surface area contributed by atoms with Crippen molar-refractivity contribution in [1.29, 1.82) is 0 Å². The highest BCUT2D eigenvalue weighted by molar-refractivity contribution is 5.81. The molecule has 4 heteroatoms. The molecule has 4 nitrogen and oxygen atoms in total. The van der Waals surface area contributed by atoms with E-state index in [1.165, 1.54) is 0 Å². The predicted octanol–water partition coefficient (Wildman–Crippen LogP) is 2.21. The number of hydrogen-bond donors (Lipinski definition) is 2. The van der Waals surface area contributed by atoms with Gasteiger partial charge in [-0.3, -0.25) is 4.79 Å². The second-order valence-corrected chi connectivity index (χ2v) is 6.04. The number of nitrogens with one attached hydrogen (secondary N) is 2. The molecule has 1 aromatic carbocycles. The van der Waals surface area contributed by atoms with Crippen LogP contribution < -0.4 is 10.9 Å². The molecule has 0 radical (unpaired) electrons. The molecule has 0 fully saturated rings. The summed E-state index contributed by atoms with van der Waals surface area (Å²) in [4.78, 5) is 16.9. The van der Waals surface area contributed by atoms with Crippen LogP contribution in [0.15, 0.2) is 35.1 Å². The minimum Gasteiger partial charge on any atom is -0.322 e. The molecule has 2 N–H and O–H groups in total. The van der Waals surface area contributed by atoms with Gasteiger partial charge in [-0.05, 0) is 31.1 Å². The number of para-hydroxylation sites is 1. The average molecular weight is 287 g/mol. The molecule has 114 valence electrons. The van der Waals surface area contributed by atoms with E-state index in [1.807, 2.05) is 18.2 Å². The van der Waals surface area contributed by atoms with Crippen molar-refractivity contribution in [2.45, 2.75) is 20.4 Å². The summed E-state index contributed by atoms with van der Waals surface area (Å²) in [5.74, 6) is 0.673. The summed E-state index contributed by atoms with van der Waals surface area (Å²) in [6, 6.07) is 9.67. The molecule has 0 saturated heterocycles. The Morgan fingerprint density at radius 1 is 1.29 bits per heavy atom. The Balaban J connectivity index is 2.00. The van der Waals surface area contributed by atoms with Crippen LogP contribution in [-0.2, 0) is 6.54 Å². The van der Waals surface area contributed by atoms with Gasteiger partial charge in [0.05, 0.1) is 0 Å². The Labute approximate surface area is 126 Å². The molecule has 0 unspecified atom stereocenters. The van der Waals surface area contributed by atoms with Crippen LogP contribution in [0.25, 0.3) is 10.9 Å². The fraction of sp³-hybridized carbons (Fsp3) is 0.471. The summed E-state index contributed by atoms with van der Waals surface area (Å²) < 4.78 is 0. The Morgan fingerprint density at radius 3 is 2.81 bits per heavy atom. The van der Waals surface area contributed by atoms with Crippen LogP contribution >= 0.6 is 0 Å². The van der Waals surface area contributed by atoms with Gasteiger partial charge in [-0.15, -0.1) is 0 Å². The van der Waals surface area contributed by atoms with E-state index in [0.29, 0.717) is 5.92 Å². The Morgan fingerprint density at radius 2 is 2.05 bits per heavy atom. The van der Waals surface area contributed by atoms with E-state index in [-0.39, 0.29) is 5.56 Å². The van der Waals surface area contributed by atoms with E-state index in [0.717, 1.165) is 42.6 Å². The summed E-state index contributed by atoms with van der Waals surface area (Å²) in [5, 5.41) is 4.56. The lowest BCUT2D eigenvalue weighted by Gasteiger charge is -2.18. The van der Waals surface area contributed by atoms with Crippen molar-refractivity contribution < 1.29 is 0 Å². The van der Waals surface area contributed by atoms with Gasteiger partial charge in [-0.2, -0.15) is 0 Å². The van der Waals surface area contributed by atoms with Crippen LogP contribution in [0.3, 0.4) is 0 Å². The smallest absolute Gasteiger partial charge is 0.248 e. The quantitative estimate of drug-likeness (QED) is 0.768. The molecule has 0 atom stereocenters. The third-order valence-electron chi connectivity index (χ3n) is 3.50. The number of H-pyrrole nitrogens is 1. The van der Waals surface area contributed by atoms with Crippen LogP contribution in [0.1, 0.15) is 19.4 Å². The van der Waals surface area contributed by atoms with Gasteiger partial charge in [0, 0.05) is 36.6 Å². The molecule has 2 aromatic rings. The van der Waals surface area contributed by atoms with Crippen LogP contribution in [0, 0.1) is 5.92 Å². The lowest BCUT2D eigenvalue weighted by Crippen LogP contribution is -2.31. The van der Waals surface area contributed by atoms with Crippen molar-refractivity contribution in [1.82, 2.24) is 15.2 Å². The van der Waals surface area contributed by atoms with Crippen molar-refractivity contribution in [2.24, 2.45) is 5.92 Å². The van der Waals surface area contributed by atoms with Crippen molar-refractivity contribution in [3.8, 4) is 0 Å². The third kappa shape index (κ3) is 4.69. The highest BCUT2D eigenvalue weighted by Crippen LogP contribution is 2.15. The number of aromatic amines is 1. The maximum atomic E-state index is 11.7. The van der Waals surface area contributed by atoms with Gasteiger partial charge in [-0.1, -0.05) is 32.0 Å². The molecule has 0 bridgehead atoms. The minimum atomic E-state index is -0.0324. The molecular weight excluding hydrogens is 262 g/mol. The van der Waals surface area contributed by atoms with Crippen LogP contribution in [-0.4, -0.2) is 36.6 Å². The van der Waals surface area contributed by atoms with Crippen molar-refractivity contribution in [3.05, 3.63) is 46.2 Å². The van der Waals surface area contributed by atoms with E-state index in [1.54, 1.807) is 6.07 Å². The maximum Gasteiger partial charge on any atom is 0.248 e. The molecule has 0 saturated carbocycles. The Bertz CT molecular complexity index is 633. The van der Waals surface area contributed by atoms with Crippen LogP contribution in [0.5, 0.6) is 0 Å². The SMILES string of the molecule is CC(C)CNCCN(C)Cc1cc(=O)[nH]c2ccccc12. The van der Waals surface area contributed by atoms with Gasteiger partial charge in [-0.25, -0.2) is 0 Å². The normalized spacial score (nSPS) is 11.7. The summed E-state index contributed by atoms with van der Waals surface area (Å²) in [7, 11) is 2.09. The molecule has 0 aliphatic heterocycles. The van der Waals surface area contributed by atoms with Crippen LogP contribution in [0.4, 0.5) is 0 Å². The predicted molar refractivity (Wildman–Crippen MR) is 88.6 cm³/mol. The summed E-state index contributed by atoms with van der Waals surface area (Å²) in [6.45, 7) is 8.18. The van der Waals surface area contributed by atoms with Gasteiger partial charge in [0.15, 0.2) is 0 Å². The first kappa shape index (κ1) is 15.7. The Hall–Kier alpha value is -1.65. The maximum absolute atomic E-state index is 11.7. The fourth-order valence-corrected chi connectivity index (χ4v) is 2.44. The zero-order chi connectivity index (χ0) is 15.2. The van der Waals surface area contributed by atoms with Gasteiger partial charge in [0.1, 0.15) is 0 Å². The Kier molecular flexibility index (Phi) is 5.53. The van der Waals surface area contributed by atoms with Crippen molar-refractivity contribution >= 4 is 10.9 Å². The van der Waals surface area contributed by atoms with Gasteiger partial charge in [0.2, 0.25) is 5.56 Å². The van der Waals surface area contributed by atoms with Crippen LogP contribution in [0.2, 0.25) is 0 Å². The number of pyridine rings is 1. The molecule has 0 amide bonds. The van der Waals surface area contributed by atoms with Gasteiger partial charge < -0.3 is 15.2 Å². The zero-order valence-corrected chi connectivity index (χ0v) is 13.1. The first-order valence-corrected chi connectivity index (χ1v) is 7.56. The lowest BCUT2D eigenvalue weighted by molar-refractivity contribution is 0.322. The number of hydrogen-bond acceptors (Lipinski definition) is 3. The van der Waals surface area contributed by atoms with Crippen molar-refractivity contribution in [2.75, 3.05) is 26.7 Å². The highest BCUT2D eigenvalue weighted by atomic mass is 16.1. The van der Waals surface area contributed by atoms with E-state index in [4.69, 9.17) is 0 Å². The van der Waals surface area contributed by atoms with E-state index in [2.05, 4.69) is 42.2 Å². The molecule has 21 heavy (non-hydrogen) atoms. The summed E-state index contributed by atoms with van der Waals surface area (Å²) in [5.41, 5.74) is 1.96. The first-order valence-electron chi connectivity index (χ1n) is 7.56. The van der Waals surface area contributed by atoms with Gasteiger partial charge in [0.25, 0.3) is 0 Å². The number of fused-ring (bicyclic) bond motifs is 1. The molecule has 0 aliphatic rings. The number of nitrogens with zero attached hydrogens (tertiary/aromatic N) is 1. The zero-order valence-electron chi connectivity index (χ0n) is 13.1. The molecule has 1 aromatic heterocycles. The number of benzene rings is 1. The topological polar surface area (TPSA) is 48.1 Å². The molecule has 2 rings (SSSR count).